The van der Waals surface area contributed by atoms with Crippen LogP contribution in [-0.4, -0.2) is 33.2 Å². The van der Waals surface area contributed by atoms with Crippen molar-refractivity contribution in [2.45, 2.75) is 39.2 Å². The smallest absolute Gasteiger partial charge is 0.220 e. The van der Waals surface area contributed by atoms with Crippen LogP contribution in [0.3, 0.4) is 0 Å². The number of hydrogen-bond donors (Lipinski definition) is 2. The van der Waals surface area contributed by atoms with E-state index >= 15 is 0 Å². The van der Waals surface area contributed by atoms with Gasteiger partial charge in [0.15, 0.2) is 11.5 Å². The van der Waals surface area contributed by atoms with E-state index in [1.165, 1.54) is 12.8 Å². The van der Waals surface area contributed by atoms with Gasteiger partial charge in [-0.15, -0.1) is 0 Å². The summed E-state index contributed by atoms with van der Waals surface area (Å²) in [6.45, 7) is 6.30. The Morgan fingerprint density at radius 2 is 2.04 bits per heavy atom. The van der Waals surface area contributed by atoms with E-state index in [0.717, 1.165) is 18.7 Å². The van der Waals surface area contributed by atoms with Gasteiger partial charge in [0.1, 0.15) is 0 Å². The zero-order valence-corrected chi connectivity index (χ0v) is 15.2. The highest BCUT2D eigenvalue weighted by Gasteiger charge is 2.22. The Morgan fingerprint density at radius 3 is 2.67 bits per heavy atom. The second-order valence-electron chi connectivity index (χ2n) is 6.69. The second kappa shape index (κ2) is 8.92. The molecule has 1 aromatic carbocycles. The third-order valence-electron chi connectivity index (χ3n) is 4.93. The number of carbonyl (C=O) groups is 1. The lowest BCUT2D eigenvalue weighted by Gasteiger charge is -2.28. The molecule has 24 heavy (non-hydrogen) atoms. The van der Waals surface area contributed by atoms with Gasteiger partial charge in [-0.2, -0.15) is 0 Å². The van der Waals surface area contributed by atoms with Crippen molar-refractivity contribution in [1.29, 1.82) is 0 Å². The van der Waals surface area contributed by atoms with Gasteiger partial charge in [0.05, 0.1) is 20.3 Å². The van der Waals surface area contributed by atoms with Crippen LogP contribution >= 0.6 is 0 Å². The van der Waals surface area contributed by atoms with E-state index in [1.807, 2.05) is 25.1 Å². The molecular formula is C19H30N2O3. The SMILES string of the molecule is COc1ccc([C@H](C)NC(=O)C[C@H](C)[C@@H]2CCCNC2)cc1OC. The fraction of sp³-hybridized carbons (Fsp3) is 0.632. The number of hydrogen-bond acceptors (Lipinski definition) is 4. The molecule has 0 bridgehead atoms. The zero-order chi connectivity index (χ0) is 17.5. The molecule has 0 aromatic heterocycles. The lowest BCUT2D eigenvalue weighted by atomic mass is 9.85. The number of methoxy groups -OCH3 is 2. The molecule has 1 heterocycles. The molecule has 0 spiro atoms. The number of amides is 1. The van der Waals surface area contributed by atoms with Gasteiger partial charge in [0.2, 0.25) is 5.91 Å². The molecule has 1 aromatic rings. The number of piperidine rings is 1. The van der Waals surface area contributed by atoms with Gasteiger partial charge in [-0.05, 0) is 62.4 Å². The summed E-state index contributed by atoms with van der Waals surface area (Å²) in [7, 11) is 3.23. The van der Waals surface area contributed by atoms with Gasteiger partial charge in [-0.3, -0.25) is 4.79 Å². The summed E-state index contributed by atoms with van der Waals surface area (Å²) in [6.07, 6.45) is 3.00. The van der Waals surface area contributed by atoms with E-state index in [9.17, 15) is 4.79 Å². The molecule has 1 saturated heterocycles. The molecule has 1 aliphatic rings. The molecule has 0 saturated carbocycles. The average molecular weight is 334 g/mol. The Balaban J connectivity index is 1.91. The number of carbonyl (C=O) groups excluding carboxylic acids is 1. The minimum absolute atomic E-state index is 0.0611. The first-order chi connectivity index (χ1) is 11.5. The number of benzene rings is 1. The van der Waals surface area contributed by atoms with Gasteiger partial charge in [0.25, 0.3) is 0 Å². The highest BCUT2D eigenvalue weighted by atomic mass is 16.5. The summed E-state index contributed by atoms with van der Waals surface area (Å²) in [5.74, 6) is 2.47. The molecule has 1 fully saturated rings. The molecule has 2 rings (SSSR count). The number of ether oxygens (including phenoxy) is 2. The fourth-order valence-electron chi connectivity index (χ4n) is 3.33. The van der Waals surface area contributed by atoms with Crippen LogP contribution in [0.1, 0.15) is 44.7 Å². The van der Waals surface area contributed by atoms with Crippen LogP contribution in [0.2, 0.25) is 0 Å². The molecule has 1 amide bonds. The molecule has 0 aliphatic carbocycles. The van der Waals surface area contributed by atoms with Gasteiger partial charge < -0.3 is 20.1 Å². The first kappa shape index (κ1) is 18.6. The van der Waals surface area contributed by atoms with Gasteiger partial charge in [0, 0.05) is 6.42 Å². The Kier molecular flexibility index (Phi) is 6.91. The Labute approximate surface area is 145 Å². The summed E-state index contributed by atoms with van der Waals surface area (Å²) in [5, 5.41) is 6.52. The molecule has 5 heteroatoms. The number of nitrogens with one attached hydrogen (secondary N) is 2. The molecule has 5 nitrogen and oxygen atoms in total. The summed E-state index contributed by atoms with van der Waals surface area (Å²) in [4.78, 5) is 12.4. The van der Waals surface area contributed by atoms with Crippen LogP contribution in [0.4, 0.5) is 0 Å². The van der Waals surface area contributed by atoms with E-state index in [-0.39, 0.29) is 11.9 Å². The number of rotatable bonds is 7. The van der Waals surface area contributed by atoms with Gasteiger partial charge in [-0.25, -0.2) is 0 Å². The van der Waals surface area contributed by atoms with E-state index in [0.29, 0.717) is 29.8 Å². The maximum absolute atomic E-state index is 12.4. The fourth-order valence-corrected chi connectivity index (χ4v) is 3.33. The van der Waals surface area contributed by atoms with Crippen molar-refractivity contribution in [3.05, 3.63) is 23.8 Å². The minimum atomic E-state index is -0.0611. The molecule has 2 N–H and O–H groups in total. The monoisotopic (exact) mass is 334 g/mol. The molecule has 0 unspecified atom stereocenters. The van der Waals surface area contributed by atoms with Crippen LogP contribution in [0.25, 0.3) is 0 Å². The van der Waals surface area contributed by atoms with Crippen LogP contribution in [0, 0.1) is 11.8 Å². The van der Waals surface area contributed by atoms with Crippen LogP contribution in [-0.2, 0) is 4.79 Å². The Morgan fingerprint density at radius 1 is 1.29 bits per heavy atom. The Bertz CT molecular complexity index is 541. The Hall–Kier alpha value is -1.75. The summed E-state index contributed by atoms with van der Waals surface area (Å²) in [6, 6.07) is 5.68. The first-order valence-electron chi connectivity index (χ1n) is 8.77. The lowest BCUT2D eigenvalue weighted by Crippen LogP contribution is -2.36. The lowest BCUT2D eigenvalue weighted by molar-refractivity contribution is -0.123. The van der Waals surface area contributed by atoms with E-state index in [4.69, 9.17) is 9.47 Å². The van der Waals surface area contributed by atoms with Crippen molar-refractivity contribution >= 4 is 5.91 Å². The third kappa shape index (κ3) is 4.87. The zero-order valence-electron chi connectivity index (χ0n) is 15.2. The molecular weight excluding hydrogens is 304 g/mol. The highest BCUT2D eigenvalue weighted by Crippen LogP contribution is 2.30. The van der Waals surface area contributed by atoms with Gasteiger partial charge >= 0.3 is 0 Å². The van der Waals surface area contributed by atoms with E-state index in [2.05, 4.69) is 17.6 Å². The van der Waals surface area contributed by atoms with Gasteiger partial charge in [-0.1, -0.05) is 13.0 Å². The quantitative estimate of drug-likeness (QED) is 0.805. The third-order valence-corrected chi connectivity index (χ3v) is 4.93. The van der Waals surface area contributed by atoms with Crippen LogP contribution in [0.15, 0.2) is 18.2 Å². The highest BCUT2D eigenvalue weighted by molar-refractivity contribution is 5.76. The van der Waals surface area contributed by atoms with Crippen molar-refractivity contribution < 1.29 is 14.3 Å². The molecule has 3 atom stereocenters. The molecule has 0 radical (unpaired) electrons. The molecule has 134 valence electrons. The van der Waals surface area contributed by atoms with Crippen molar-refractivity contribution in [2.24, 2.45) is 11.8 Å². The molecule has 1 aliphatic heterocycles. The average Bonchev–Trinajstić information content (AvgIpc) is 2.61. The maximum Gasteiger partial charge on any atom is 0.220 e. The normalized spacial score (nSPS) is 20.1. The van der Waals surface area contributed by atoms with Crippen LogP contribution < -0.4 is 20.1 Å². The van der Waals surface area contributed by atoms with Crippen LogP contribution in [0.5, 0.6) is 11.5 Å². The van der Waals surface area contributed by atoms with Crippen molar-refractivity contribution in [3.8, 4) is 11.5 Å². The minimum Gasteiger partial charge on any atom is -0.493 e. The maximum atomic E-state index is 12.4. The largest absolute Gasteiger partial charge is 0.493 e. The topological polar surface area (TPSA) is 59.6 Å². The van der Waals surface area contributed by atoms with Crippen molar-refractivity contribution in [1.82, 2.24) is 10.6 Å². The predicted octanol–water partition coefficient (Wildman–Crippen LogP) is 2.91. The second-order valence-corrected chi connectivity index (χ2v) is 6.69. The summed E-state index contributed by atoms with van der Waals surface area (Å²) in [5.41, 5.74) is 1.01. The first-order valence-corrected chi connectivity index (χ1v) is 8.77. The summed E-state index contributed by atoms with van der Waals surface area (Å²) < 4.78 is 10.6. The van der Waals surface area contributed by atoms with Crippen molar-refractivity contribution in [2.75, 3.05) is 27.3 Å². The van der Waals surface area contributed by atoms with E-state index < -0.39 is 0 Å². The van der Waals surface area contributed by atoms with Crippen molar-refractivity contribution in [3.63, 3.8) is 0 Å². The standard InChI is InChI=1S/C19H30N2O3/c1-13(16-6-5-9-20-12-16)10-19(22)21-14(2)15-7-8-17(23-3)18(11-15)24-4/h7-8,11,13-14,16,20H,5-6,9-10,12H2,1-4H3,(H,21,22)/t13-,14-,16+/m0/s1. The van der Waals surface area contributed by atoms with E-state index in [1.54, 1.807) is 14.2 Å². The summed E-state index contributed by atoms with van der Waals surface area (Å²) >= 11 is 0. The predicted molar refractivity (Wildman–Crippen MR) is 95.5 cm³/mol.